The van der Waals surface area contributed by atoms with Crippen molar-refractivity contribution in [2.75, 3.05) is 51.0 Å². The smallest absolute Gasteiger partial charge is 0.256 e. The van der Waals surface area contributed by atoms with Crippen molar-refractivity contribution in [2.24, 2.45) is 0 Å². The molecule has 0 aliphatic carbocycles. The Hall–Kier alpha value is -3.18. The molecule has 0 radical (unpaired) electrons. The fourth-order valence-corrected chi connectivity index (χ4v) is 5.02. The number of thioether (sulfide) groups is 1. The number of aryl methyl sites for hydroxylation is 1. The van der Waals surface area contributed by atoms with Gasteiger partial charge in [0.25, 0.3) is 11.8 Å². The lowest BCUT2D eigenvalue weighted by Gasteiger charge is -2.32. The SMILES string of the molecule is C=CC.Cc1[nH]c(/C=C2\C(=O)Nc3ccc(SC/C=C/CF)cc32)c(C)c1C(=O)N1CCN(C)CC1.O.O. The zero-order chi connectivity index (χ0) is 26.2. The van der Waals surface area contributed by atoms with Crippen LogP contribution in [-0.4, -0.2) is 83.2 Å². The monoisotopic (exact) mass is 546 g/mol. The first-order valence-corrected chi connectivity index (χ1v) is 13.0. The maximum Gasteiger partial charge on any atom is 0.256 e. The molecule has 1 aromatic carbocycles. The van der Waals surface area contributed by atoms with Gasteiger partial charge >= 0.3 is 0 Å². The van der Waals surface area contributed by atoms with Crippen LogP contribution in [0.1, 0.15) is 39.8 Å². The number of rotatable bonds is 6. The lowest BCUT2D eigenvalue weighted by atomic mass is 10.0. The van der Waals surface area contributed by atoms with E-state index in [0.717, 1.165) is 46.2 Å². The van der Waals surface area contributed by atoms with Crippen molar-refractivity contribution in [1.29, 1.82) is 0 Å². The van der Waals surface area contributed by atoms with Gasteiger partial charge in [0.05, 0.1) is 11.1 Å². The molecule has 2 amide bonds. The maximum atomic E-state index is 13.2. The van der Waals surface area contributed by atoms with Gasteiger partial charge in [-0.25, -0.2) is 4.39 Å². The van der Waals surface area contributed by atoms with Crippen LogP contribution in [0.5, 0.6) is 0 Å². The molecular formula is C28H39FN4O4S. The average molecular weight is 547 g/mol. The van der Waals surface area contributed by atoms with Crippen LogP contribution in [0.4, 0.5) is 10.1 Å². The molecular weight excluding hydrogens is 507 g/mol. The van der Waals surface area contributed by atoms with Crippen LogP contribution in [-0.2, 0) is 4.79 Å². The van der Waals surface area contributed by atoms with Gasteiger partial charge in [-0.05, 0) is 57.7 Å². The number of hydrogen-bond donors (Lipinski definition) is 2. The number of nitrogens with one attached hydrogen (secondary N) is 2. The second-order valence-corrected chi connectivity index (χ2v) is 9.92. The first kappa shape index (κ1) is 32.8. The summed E-state index contributed by atoms with van der Waals surface area (Å²) in [5.74, 6) is 0.536. The van der Waals surface area contributed by atoms with Gasteiger partial charge in [-0.1, -0.05) is 18.2 Å². The van der Waals surface area contributed by atoms with E-state index in [2.05, 4.69) is 28.8 Å². The van der Waals surface area contributed by atoms with E-state index in [4.69, 9.17) is 0 Å². The zero-order valence-electron chi connectivity index (χ0n) is 22.5. The number of carbonyl (C=O) groups is 2. The number of benzene rings is 1. The Morgan fingerprint density at radius 2 is 1.82 bits per heavy atom. The minimum absolute atomic E-state index is 0. The predicted molar refractivity (Wildman–Crippen MR) is 156 cm³/mol. The summed E-state index contributed by atoms with van der Waals surface area (Å²) in [7, 11) is 2.06. The van der Waals surface area contributed by atoms with Gasteiger partial charge < -0.3 is 31.1 Å². The molecule has 2 aliphatic heterocycles. The minimum atomic E-state index is -0.468. The summed E-state index contributed by atoms with van der Waals surface area (Å²) < 4.78 is 12.3. The quantitative estimate of drug-likeness (QED) is 0.325. The van der Waals surface area contributed by atoms with Crippen LogP contribution >= 0.6 is 11.8 Å². The second-order valence-electron chi connectivity index (χ2n) is 8.82. The van der Waals surface area contributed by atoms with E-state index < -0.39 is 6.67 Å². The van der Waals surface area contributed by atoms with E-state index in [0.29, 0.717) is 30.0 Å². The Kier molecular flexibility index (Phi) is 13.2. The minimum Gasteiger partial charge on any atom is -0.412 e. The summed E-state index contributed by atoms with van der Waals surface area (Å²) in [4.78, 5) is 34.4. The predicted octanol–water partition coefficient (Wildman–Crippen LogP) is 3.67. The molecule has 1 saturated heterocycles. The van der Waals surface area contributed by atoms with Crippen molar-refractivity contribution < 1.29 is 24.9 Å². The van der Waals surface area contributed by atoms with Gasteiger partial charge in [0.2, 0.25) is 0 Å². The maximum absolute atomic E-state index is 13.2. The number of aromatic nitrogens is 1. The number of amides is 2. The van der Waals surface area contributed by atoms with Crippen molar-refractivity contribution in [3.63, 3.8) is 0 Å². The van der Waals surface area contributed by atoms with Crippen molar-refractivity contribution in [3.8, 4) is 0 Å². The number of fused-ring (bicyclic) bond motifs is 1. The fraction of sp³-hybridized carbons (Fsp3) is 0.357. The van der Waals surface area contributed by atoms with Gasteiger partial charge in [-0.3, -0.25) is 9.59 Å². The molecule has 0 saturated carbocycles. The molecule has 2 aromatic rings. The van der Waals surface area contributed by atoms with Crippen LogP contribution < -0.4 is 5.32 Å². The summed E-state index contributed by atoms with van der Waals surface area (Å²) in [5, 5.41) is 2.92. The van der Waals surface area contributed by atoms with Crippen LogP contribution in [0.2, 0.25) is 0 Å². The second kappa shape index (κ2) is 15.3. The number of halogens is 1. The normalized spacial score (nSPS) is 15.8. The Morgan fingerprint density at radius 3 is 2.45 bits per heavy atom. The zero-order valence-corrected chi connectivity index (χ0v) is 23.3. The Morgan fingerprint density at radius 1 is 1.16 bits per heavy atom. The van der Waals surface area contributed by atoms with Gasteiger partial charge in [0.15, 0.2) is 0 Å². The van der Waals surface area contributed by atoms with E-state index in [9.17, 15) is 14.0 Å². The lowest BCUT2D eigenvalue weighted by molar-refractivity contribution is -0.110. The molecule has 8 nitrogen and oxygen atoms in total. The van der Waals surface area contributed by atoms with Crippen LogP contribution in [0.15, 0.2) is 47.9 Å². The van der Waals surface area contributed by atoms with Crippen molar-refractivity contribution in [1.82, 2.24) is 14.8 Å². The van der Waals surface area contributed by atoms with E-state index in [-0.39, 0.29) is 22.8 Å². The Bertz CT molecular complexity index is 1180. The largest absolute Gasteiger partial charge is 0.412 e. The Labute approximate surface area is 228 Å². The molecule has 0 spiro atoms. The van der Waals surface area contributed by atoms with Crippen LogP contribution in [0.3, 0.4) is 0 Å². The van der Waals surface area contributed by atoms with E-state index in [1.807, 2.05) is 49.9 Å². The molecule has 0 unspecified atom stereocenters. The fourth-order valence-electron chi connectivity index (χ4n) is 4.23. The number of carbonyl (C=O) groups excluding carboxylic acids is 2. The third kappa shape index (κ3) is 7.67. The molecule has 208 valence electrons. The van der Waals surface area contributed by atoms with Gasteiger partial charge in [0, 0.05) is 59.5 Å². The number of allylic oxidation sites excluding steroid dienone is 2. The first-order chi connectivity index (χ1) is 17.3. The lowest BCUT2D eigenvalue weighted by Crippen LogP contribution is -2.47. The number of likely N-dealkylation sites (N-methyl/N-ethyl adjacent to an activating group) is 1. The van der Waals surface area contributed by atoms with Crippen LogP contribution in [0.25, 0.3) is 11.6 Å². The van der Waals surface area contributed by atoms with Gasteiger partial charge in [-0.15, -0.1) is 18.3 Å². The van der Waals surface area contributed by atoms with Crippen LogP contribution in [0, 0.1) is 13.8 Å². The number of nitrogens with zero attached hydrogens (tertiary/aromatic N) is 2. The Balaban J connectivity index is 0.00000138. The summed E-state index contributed by atoms with van der Waals surface area (Å²) in [6, 6.07) is 5.83. The summed E-state index contributed by atoms with van der Waals surface area (Å²) in [5.41, 5.74) is 5.29. The number of H-pyrrole nitrogens is 1. The highest BCUT2D eigenvalue weighted by Crippen LogP contribution is 2.37. The van der Waals surface area contributed by atoms with Gasteiger partial charge in [0.1, 0.15) is 6.67 Å². The molecule has 3 heterocycles. The van der Waals surface area contributed by atoms with E-state index >= 15 is 0 Å². The highest BCUT2D eigenvalue weighted by molar-refractivity contribution is 7.99. The number of anilines is 1. The summed E-state index contributed by atoms with van der Waals surface area (Å²) in [6.45, 7) is 11.8. The summed E-state index contributed by atoms with van der Waals surface area (Å²) in [6.07, 6.45) is 6.87. The molecule has 6 N–H and O–H groups in total. The average Bonchev–Trinajstić information content (AvgIpc) is 3.31. The number of aromatic amines is 1. The summed E-state index contributed by atoms with van der Waals surface area (Å²) >= 11 is 1.58. The molecule has 38 heavy (non-hydrogen) atoms. The van der Waals surface area contributed by atoms with E-state index in [1.54, 1.807) is 23.9 Å². The molecule has 0 atom stereocenters. The number of piperazine rings is 1. The van der Waals surface area contributed by atoms with Gasteiger partial charge in [-0.2, -0.15) is 0 Å². The number of hydrogen-bond acceptors (Lipinski definition) is 4. The third-order valence-corrected chi connectivity index (χ3v) is 7.09. The molecule has 0 bridgehead atoms. The highest BCUT2D eigenvalue weighted by Gasteiger charge is 2.28. The topological polar surface area (TPSA) is 131 Å². The highest BCUT2D eigenvalue weighted by atomic mass is 32.2. The van der Waals surface area contributed by atoms with Crippen molar-refractivity contribution in [3.05, 3.63) is 71.1 Å². The third-order valence-electron chi connectivity index (χ3n) is 6.15. The van der Waals surface area contributed by atoms with Crippen molar-refractivity contribution in [2.45, 2.75) is 25.7 Å². The molecule has 4 rings (SSSR count). The van der Waals surface area contributed by atoms with E-state index in [1.165, 1.54) is 6.08 Å². The molecule has 1 fully saturated rings. The standard InChI is InChI=1S/C25H29FN4O2S.C3H6.2H2O/c1-16-22(27-17(2)23(16)25(32)30-11-9-29(3)10-12-30)15-20-19-14-18(33-13-5-4-8-26)6-7-21(19)28-24(20)31;1-3-2;;/h4-7,14-15,27H,8-13H2,1-3H3,(H,28,31);3H,1H2,2H3;2*1H2/b5-4+,20-15-;;;. The number of alkyl halides is 1. The molecule has 2 aliphatic rings. The molecule has 10 heteroatoms. The van der Waals surface area contributed by atoms with Crippen molar-refractivity contribution >= 4 is 40.9 Å². The first-order valence-electron chi connectivity index (χ1n) is 12.1. The molecule has 1 aromatic heterocycles.